The summed E-state index contributed by atoms with van der Waals surface area (Å²) in [7, 11) is 1.90. The second-order valence-electron chi connectivity index (χ2n) is 12.1. The highest BCUT2D eigenvalue weighted by atomic mass is 19.1. The van der Waals surface area contributed by atoms with Gasteiger partial charge < -0.3 is 36.8 Å². The lowest BCUT2D eigenvalue weighted by atomic mass is 9.57. The number of halogens is 1. The number of aliphatic hydroxyl groups is 3. The van der Waals surface area contributed by atoms with Crippen molar-refractivity contribution in [3.8, 4) is 5.75 Å². The lowest BCUT2D eigenvalue weighted by molar-refractivity contribution is -0.150. The van der Waals surface area contributed by atoms with E-state index in [2.05, 4.69) is 10.6 Å². The van der Waals surface area contributed by atoms with Gasteiger partial charge in [0.05, 0.1) is 17.3 Å². The number of nitrogens with one attached hydrogen (secondary N) is 2. The van der Waals surface area contributed by atoms with Crippen molar-refractivity contribution in [2.75, 3.05) is 25.5 Å². The molecule has 6 atom stereocenters. The van der Waals surface area contributed by atoms with Crippen LogP contribution in [0.15, 0.2) is 16.9 Å². The zero-order chi connectivity index (χ0) is 28.4. The van der Waals surface area contributed by atoms with Crippen LogP contribution in [0.5, 0.6) is 5.75 Å². The summed E-state index contributed by atoms with van der Waals surface area (Å²) in [5.41, 5.74) is 1.83. The number of phenols is 1. The molecule has 11 nitrogen and oxygen atoms in total. The molecule has 2 aliphatic heterocycles. The Balaban J connectivity index is 1.40. The molecule has 0 spiro atoms. The zero-order valence-corrected chi connectivity index (χ0v) is 21.8. The number of rotatable bonds is 3. The van der Waals surface area contributed by atoms with E-state index in [0.29, 0.717) is 12.1 Å². The standard InChI is InChI=1S/C28H31FN4O7/c1-33-5-4-9-8-31-20-16(21(9)33)18(29)12-6-10-7-13-19(32-11-2-3-11)24(36)17(27(30)39)26(38)28(13,40)25(37)14(10)22(34)15(12)23(20)35/h9-11,13,19,21,31-32,34-35,38,40H,2-8H2,1H3,(H2,30,39)/t9?,10-,13-,19-,21?,28-/m0/s1. The summed E-state index contributed by atoms with van der Waals surface area (Å²) < 4.78 is 16.4. The molecule has 1 aromatic rings. The summed E-state index contributed by atoms with van der Waals surface area (Å²) in [6, 6.07) is -1.51. The quantitative estimate of drug-likeness (QED) is 0.207. The van der Waals surface area contributed by atoms with Gasteiger partial charge >= 0.3 is 0 Å². The maximum atomic E-state index is 16.4. The Labute approximate surface area is 228 Å². The number of carbonyl (C=O) groups excluding carboxylic acids is 3. The molecule has 0 aromatic heterocycles. The molecule has 0 radical (unpaired) electrons. The number of phenolic OH excluding ortho intramolecular Hbond substituents is 1. The van der Waals surface area contributed by atoms with Gasteiger partial charge in [-0.3, -0.25) is 19.3 Å². The molecule has 2 unspecified atom stereocenters. The van der Waals surface area contributed by atoms with Crippen molar-refractivity contribution in [1.82, 2.24) is 10.2 Å². The van der Waals surface area contributed by atoms with E-state index in [1.54, 1.807) is 0 Å². The van der Waals surface area contributed by atoms with E-state index in [1.807, 2.05) is 11.9 Å². The molecule has 1 aromatic carbocycles. The Kier molecular flexibility index (Phi) is 5.27. The Morgan fingerprint density at radius 1 is 1.20 bits per heavy atom. The zero-order valence-electron chi connectivity index (χ0n) is 21.8. The van der Waals surface area contributed by atoms with Crippen LogP contribution < -0.4 is 16.4 Å². The molecule has 12 heteroatoms. The van der Waals surface area contributed by atoms with Gasteiger partial charge in [-0.15, -0.1) is 0 Å². The minimum atomic E-state index is -2.72. The van der Waals surface area contributed by atoms with Crippen LogP contribution in [0.4, 0.5) is 10.1 Å². The minimum Gasteiger partial charge on any atom is -0.508 e. The van der Waals surface area contributed by atoms with Crippen LogP contribution in [-0.2, 0) is 20.8 Å². The average molecular weight is 555 g/mol. The Morgan fingerprint density at radius 2 is 1.93 bits per heavy atom. The number of fused-ring (bicyclic) bond motifs is 6. The number of primary amides is 1. The van der Waals surface area contributed by atoms with Gasteiger partial charge in [0.15, 0.2) is 11.4 Å². The monoisotopic (exact) mass is 554 g/mol. The van der Waals surface area contributed by atoms with Crippen LogP contribution in [-0.4, -0.2) is 80.6 Å². The van der Waals surface area contributed by atoms with Crippen LogP contribution >= 0.6 is 0 Å². The number of amides is 1. The SMILES string of the molecule is CN1CCC2CNc3c(O)c4c(c(F)c3C21)C[C@H]1C[C@H]2[C@H](NC3CC3)C(=O)C(C(N)=O)=C(O)[C@@]2(O)C(=O)C1=C4O. The number of aliphatic hydroxyl groups excluding tert-OH is 2. The molecule has 1 amide bonds. The van der Waals surface area contributed by atoms with E-state index < -0.39 is 63.9 Å². The highest BCUT2D eigenvalue weighted by Crippen LogP contribution is 2.56. The number of Topliss-reactive ketones (excluding diaryl/α,β-unsaturated/α-hetero) is 2. The van der Waals surface area contributed by atoms with Crippen LogP contribution in [0.3, 0.4) is 0 Å². The van der Waals surface area contributed by atoms with Crippen molar-refractivity contribution in [3.05, 3.63) is 39.4 Å². The first-order valence-corrected chi connectivity index (χ1v) is 13.7. The van der Waals surface area contributed by atoms with Crippen molar-refractivity contribution in [2.24, 2.45) is 23.5 Å². The molecule has 212 valence electrons. The number of hydrogen-bond donors (Lipinski definition) is 7. The number of hydrogen-bond acceptors (Lipinski definition) is 10. The van der Waals surface area contributed by atoms with Crippen LogP contribution in [0.2, 0.25) is 0 Å². The van der Waals surface area contributed by atoms with Gasteiger partial charge in [-0.25, -0.2) is 4.39 Å². The normalized spacial score (nSPS) is 35.0. The predicted octanol–water partition coefficient (Wildman–Crippen LogP) is 0.712. The Morgan fingerprint density at radius 3 is 2.60 bits per heavy atom. The Bertz CT molecular complexity index is 1480. The molecule has 3 fully saturated rings. The first-order chi connectivity index (χ1) is 19.0. The van der Waals surface area contributed by atoms with Crippen molar-refractivity contribution in [1.29, 1.82) is 0 Å². The van der Waals surface area contributed by atoms with Crippen molar-refractivity contribution in [2.45, 2.75) is 55.8 Å². The van der Waals surface area contributed by atoms with Gasteiger partial charge in [-0.1, -0.05) is 0 Å². The van der Waals surface area contributed by atoms with E-state index in [0.717, 1.165) is 25.8 Å². The first-order valence-electron chi connectivity index (χ1n) is 13.7. The van der Waals surface area contributed by atoms with Crippen molar-refractivity contribution in [3.63, 3.8) is 0 Å². The second kappa shape index (κ2) is 8.27. The number of ketones is 2. The summed E-state index contributed by atoms with van der Waals surface area (Å²) in [6.45, 7) is 1.28. The Hall–Kier alpha value is -3.48. The molecule has 0 bridgehead atoms. The third-order valence-electron chi connectivity index (χ3n) is 9.94. The van der Waals surface area contributed by atoms with E-state index in [-0.39, 0.29) is 59.0 Å². The highest BCUT2D eigenvalue weighted by Gasteiger charge is 2.64. The number of nitrogens with two attached hydrogens (primary N) is 1. The number of carbonyl (C=O) groups is 3. The van der Waals surface area contributed by atoms with E-state index in [1.165, 1.54) is 0 Å². The molecule has 7 rings (SSSR count). The van der Waals surface area contributed by atoms with Crippen LogP contribution in [0.25, 0.3) is 5.76 Å². The summed E-state index contributed by atoms with van der Waals surface area (Å²) >= 11 is 0. The summed E-state index contributed by atoms with van der Waals surface area (Å²) in [4.78, 5) is 41.5. The van der Waals surface area contributed by atoms with Gasteiger partial charge in [0.2, 0.25) is 5.78 Å². The number of likely N-dealkylation sites (tertiary alicyclic amines) is 1. The average Bonchev–Trinajstić information content (AvgIpc) is 3.66. The fourth-order valence-corrected chi connectivity index (χ4v) is 7.87. The van der Waals surface area contributed by atoms with E-state index in [4.69, 9.17) is 5.73 Å². The summed E-state index contributed by atoms with van der Waals surface area (Å²) in [5.74, 6) is -7.85. The molecular weight excluding hydrogens is 523 g/mol. The number of nitrogens with zero attached hydrogens (tertiary/aromatic N) is 1. The van der Waals surface area contributed by atoms with Crippen molar-refractivity contribution < 1.29 is 39.2 Å². The molecule has 2 saturated carbocycles. The topological polar surface area (TPSA) is 185 Å². The highest BCUT2D eigenvalue weighted by molar-refractivity contribution is 6.24. The summed E-state index contributed by atoms with van der Waals surface area (Å²) in [6.07, 6.45) is 2.24. The molecule has 40 heavy (non-hydrogen) atoms. The maximum absolute atomic E-state index is 16.4. The van der Waals surface area contributed by atoms with Gasteiger partial charge in [-0.2, -0.15) is 0 Å². The van der Waals surface area contributed by atoms with Crippen molar-refractivity contribution >= 4 is 28.9 Å². The lowest BCUT2D eigenvalue weighted by Gasteiger charge is -2.49. The van der Waals surface area contributed by atoms with Gasteiger partial charge in [-0.05, 0) is 57.5 Å². The molecule has 2 heterocycles. The number of aromatic hydroxyl groups is 1. The fourth-order valence-electron chi connectivity index (χ4n) is 7.87. The van der Waals surface area contributed by atoms with Gasteiger partial charge in [0.25, 0.3) is 5.91 Å². The molecule has 6 aliphatic rings. The van der Waals surface area contributed by atoms with Crippen LogP contribution in [0, 0.1) is 23.6 Å². The first kappa shape index (κ1) is 25.5. The molecule has 8 N–H and O–H groups in total. The predicted molar refractivity (Wildman–Crippen MR) is 139 cm³/mol. The minimum absolute atomic E-state index is 0.0647. The largest absolute Gasteiger partial charge is 0.508 e. The maximum Gasteiger partial charge on any atom is 0.255 e. The molecular formula is C28H31FN4O7. The summed E-state index contributed by atoms with van der Waals surface area (Å²) in [5, 5.41) is 51.7. The smallest absolute Gasteiger partial charge is 0.255 e. The second-order valence-corrected chi connectivity index (χ2v) is 12.1. The van der Waals surface area contributed by atoms with E-state index >= 15 is 4.39 Å². The molecule has 4 aliphatic carbocycles. The lowest BCUT2D eigenvalue weighted by Crippen LogP contribution is -2.66. The molecule has 1 saturated heterocycles. The number of anilines is 1. The number of benzene rings is 1. The van der Waals surface area contributed by atoms with Gasteiger partial charge in [0.1, 0.15) is 28.7 Å². The van der Waals surface area contributed by atoms with Gasteiger partial charge in [0, 0.05) is 41.2 Å². The third kappa shape index (κ3) is 3.12. The van der Waals surface area contributed by atoms with Crippen LogP contribution in [0.1, 0.15) is 48.4 Å². The van der Waals surface area contributed by atoms with E-state index in [9.17, 15) is 34.8 Å². The fraction of sp³-hybridized carbons (Fsp3) is 0.536. The third-order valence-corrected chi connectivity index (χ3v) is 9.94.